The number of nitrogens with zero attached hydrogens (tertiary/aromatic N) is 5. The third kappa shape index (κ3) is 4.54. The summed E-state index contributed by atoms with van der Waals surface area (Å²) in [4.78, 5) is 41.0. The summed E-state index contributed by atoms with van der Waals surface area (Å²) < 4.78 is 19.4. The summed E-state index contributed by atoms with van der Waals surface area (Å²) in [5.74, 6) is -0.190. The minimum Gasteiger partial charge on any atom is -0.481 e. The van der Waals surface area contributed by atoms with Crippen LogP contribution in [0.25, 0.3) is 11.3 Å². The van der Waals surface area contributed by atoms with Crippen molar-refractivity contribution in [2.24, 2.45) is 5.92 Å². The molecule has 2 N–H and O–H groups in total. The normalized spacial score (nSPS) is 20.1. The van der Waals surface area contributed by atoms with Crippen LogP contribution >= 0.6 is 0 Å². The van der Waals surface area contributed by atoms with Gasteiger partial charge in [0.05, 0.1) is 36.9 Å². The molecule has 1 spiro atoms. The number of likely N-dealkylation sites (tertiary alicyclic amines) is 1. The Kier molecular flexibility index (Phi) is 5.85. The lowest BCUT2D eigenvalue weighted by Gasteiger charge is -2.39. The maximum Gasteiger partial charge on any atom is 0.272 e. The molecule has 0 aromatic carbocycles. The van der Waals surface area contributed by atoms with E-state index in [0.717, 1.165) is 43.3 Å². The van der Waals surface area contributed by atoms with Crippen molar-refractivity contribution in [2.75, 3.05) is 13.7 Å². The molecule has 1 saturated heterocycles. The first-order valence-electron chi connectivity index (χ1n) is 12.6. The average Bonchev–Trinajstić information content (AvgIpc) is 3.86. The molecule has 3 aromatic rings. The van der Waals surface area contributed by atoms with Crippen LogP contribution in [0.4, 0.5) is 4.39 Å². The lowest BCUT2D eigenvalue weighted by Crippen LogP contribution is -2.50. The molecule has 3 aromatic heterocycles. The third-order valence-electron chi connectivity index (χ3n) is 7.67. The number of pyridine rings is 1. The van der Waals surface area contributed by atoms with Crippen LogP contribution < -0.4 is 10.1 Å². The summed E-state index contributed by atoms with van der Waals surface area (Å²) in [6.07, 6.45) is 9.59. The highest BCUT2D eigenvalue weighted by atomic mass is 19.1. The van der Waals surface area contributed by atoms with Crippen molar-refractivity contribution in [2.45, 2.75) is 56.5 Å². The van der Waals surface area contributed by atoms with Crippen molar-refractivity contribution in [1.82, 2.24) is 35.4 Å². The quantitative estimate of drug-likeness (QED) is 0.506. The van der Waals surface area contributed by atoms with Gasteiger partial charge in [0.1, 0.15) is 5.69 Å². The molecule has 2 aliphatic carbocycles. The summed E-state index contributed by atoms with van der Waals surface area (Å²) in [5, 5.41) is 9.98. The first kappa shape index (κ1) is 23.5. The zero-order chi connectivity index (χ0) is 25.6. The van der Waals surface area contributed by atoms with E-state index in [-0.39, 0.29) is 40.4 Å². The number of rotatable bonds is 7. The maximum absolute atomic E-state index is 14.3. The number of aromatic amines is 1. The lowest BCUT2D eigenvalue weighted by molar-refractivity contribution is -0.127. The Morgan fingerprint density at radius 1 is 1.19 bits per heavy atom. The summed E-state index contributed by atoms with van der Waals surface area (Å²) in [6, 6.07) is 2.99. The molecular weight excluding hydrogens is 477 g/mol. The van der Waals surface area contributed by atoms with E-state index in [2.05, 4.69) is 30.5 Å². The number of hydrogen-bond donors (Lipinski definition) is 2. The van der Waals surface area contributed by atoms with Crippen molar-refractivity contribution in [3.8, 4) is 17.1 Å². The van der Waals surface area contributed by atoms with Gasteiger partial charge in [0.2, 0.25) is 11.8 Å². The summed E-state index contributed by atoms with van der Waals surface area (Å²) in [7, 11) is 1.45. The van der Waals surface area contributed by atoms with Crippen LogP contribution in [0.15, 0.2) is 30.7 Å². The molecular formula is C26H28FN7O3. The third-order valence-corrected chi connectivity index (χ3v) is 7.67. The Morgan fingerprint density at radius 3 is 2.76 bits per heavy atom. The number of hydrogen-bond acceptors (Lipinski definition) is 7. The van der Waals surface area contributed by atoms with Gasteiger partial charge in [-0.15, -0.1) is 0 Å². The molecule has 1 unspecified atom stereocenters. The highest BCUT2D eigenvalue weighted by Gasteiger charge is 2.54. The van der Waals surface area contributed by atoms with Gasteiger partial charge in [-0.05, 0) is 44.6 Å². The number of aromatic nitrogens is 5. The fourth-order valence-electron chi connectivity index (χ4n) is 5.32. The van der Waals surface area contributed by atoms with E-state index in [4.69, 9.17) is 4.74 Å². The molecule has 4 heterocycles. The van der Waals surface area contributed by atoms with Crippen molar-refractivity contribution in [3.05, 3.63) is 53.6 Å². The topological polar surface area (TPSA) is 126 Å². The molecule has 0 radical (unpaired) electrons. The summed E-state index contributed by atoms with van der Waals surface area (Å²) >= 11 is 0. The van der Waals surface area contributed by atoms with Gasteiger partial charge >= 0.3 is 0 Å². The maximum atomic E-state index is 14.3. The van der Waals surface area contributed by atoms with Crippen molar-refractivity contribution in [1.29, 1.82) is 0 Å². The minimum atomic E-state index is -0.553. The number of halogens is 1. The molecule has 11 heteroatoms. The number of carbonyl (C=O) groups excluding carboxylic acids is 2. The first-order chi connectivity index (χ1) is 18.0. The predicted octanol–water partition coefficient (Wildman–Crippen LogP) is 2.99. The van der Waals surface area contributed by atoms with Gasteiger partial charge < -0.3 is 15.0 Å². The summed E-state index contributed by atoms with van der Waals surface area (Å²) in [6.45, 7) is 0.846. The first-order valence-corrected chi connectivity index (χ1v) is 12.6. The van der Waals surface area contributed by atoms with E-state index in [0.29, 0.717) is 37.5 Å². The van der Waals surface area contributed by atoms with E-state index in [9.17, 15) is 14.0 Å². The fraction of sp³-hybridized carbons (Fsp3) is 0.462. The van der Waals surface area contributed by atoms with Gasteiger partial charge in [-0.25, -0.2) is 9.37 Å². The molecule has 3 aliphatic rings. The van der Waals surface area contributed by atoms with E-state index < -0.39 is 5.82 Å². The zero-order valence-corrected chi connectivity index (χ0v) is 20.5. The fourth-order valence-corrected chi connectivity index (χ4v) is 5.32. The van der Waals surface area contributed by atoms with Crippen LogP contribution in [0.3, 0.4) is 0 Å². The molecule has 1 aliphatic heterocycles. The smallest absolute Gasteiger partial charge is 0.272 e. The molecule has 37 heavy (non-hydrogen) atoms. The number of ether oxygens (including phenoxy) is 1. The Bertz CT molecular complexity index is 1350. The molecule has 6 rings (SSSR count). The average molecular weight is 506 g/mol. The highest BCUT2D eigenvalue weighted by molar-refractivity contribution is 5.94. The van der Waals surface area contributed by atoms with E-state index in [1.807, 2.05) is 4.90 Å². The van der Waals surface area contributed by atoms with Crippen LogP contribution in [-0.2, 0) is 11.3 Å². The number of amides is 2. The molecule has 2 amide bonds. The molecule has 1 atom stereocenters. The lowest BCUT2D eigenvalue weighted by atomic mass is 9.88. The second-order valence-electron chi connectivity index (χ2n) is 10.1. The second-order valence-corrected chi connectivity index (χ2v) is 10.1. The highest BCUT2D eigenvalue weighted by Crippen LogP contribution is 2.50. The van der Waals surface area contributed by atoms with Gasteiger partial charge in [0.15, 0.2) is 5.82 Å². The van der Waals surface area contributed by atoms with Crippen molar-refractivity contribution >= 4 is 11.8 Å². The van der Waals surface area contributed by atoms with E-state index >= 15 is 0 Å². The van der Waals surface area contributed by atoms with Gasteiger partial charge in [0.25, 0.3) is 5.91 Å². The van der Waals surface area contributed by atoms with E-state index in [1.165, 1.54) is 13.2 Å². The van der Waals surface area contributed by atoms with Crippen molar-refractivity contribution in [3.63, 3.8) is 0 Å². The van der Waals surface area contributed by atoms with Gasteiger partial charge in [-0.1, -0.05) is 0 Å². The minimum absolute atomic E-state index is 0.00305. The number of methoxy groups -OCH3 is 1. The van der Waals surface area contributed by atoms with Gasteiger partial charge in [-0.2, -0.15) is 5.10 Å². The van der Waals surface area contributed by atoms with Gasteiger partial charge in [-0.3, -0.25) is 24.7 Å². The Hall–Kier alpha value is -3.89. The number of carbonyl (C=O) groups is 2. The Morgan fingerprint density at radius 2 is 2.00 bits per heavy atom. The zero-order valence-electron chi connectivity index (χ0n) is 20.5. The number of piperidine rings is 1. The SMILES string of the molecule is COc1cc(-c2cc(C(=O)N3CCC(C(=O)NCc4nccnc4C4CC4)CC34CC4)[nH]n2)c(F)cn1. The van der Waals surface area contributed by atoms with Gasteiger partial charge in [0, 0.05) is 47.9 Å². The summed E-state index contributed by atoms with van der Waals surface area (Å²) in [5.41, 5.74) is 2.30. The molecule has 3 fully saturated rings. The number of H-pyrrole nitrogens is 1. The number of nitrogens with one attached hydrogen (secondary N) is 2. The molecule has 2 saturated carbocycles. The van der Waals surface area contributed by atoms with Crippen LogP contribution in [0.5, 0.6) is 5.88 Å². The van der Waals surface area contributed by atoms with Crippen LogP contribution in [0.2, 0.25) is 0 Å². The molecule has 10 nitrogen and oxygen atoms in total. The van der Waals surface area contributed by atoms with Crippen LogP contribution in [0, 0.1) is 11.7 Å². The van der Waals surface area contributed by atoms with Crippen LogP contribution in [-0.4, -0.2) is 61.1 Å². The predicted molar refractivity (Wildman–Crippen MR) is 130 cm³/mol. The second kappa shape index (κ2) is 9.20. The molecule has 192 valence electrons. The standard InChI is InChI=1S/C26H28FN7O3/c1-37-22-10-17(18(27)13-30-22)19-11-20(33-32-19)25(36)34-9-4-16(12-26(34)5-6-26)24(35)31-14-21-23(15-2-3-15)29-8-7-28-21/h7-8,10-11,13,15-16H,2-6,9,12,14H2,1H3,(H,31,35)(H,32,33). The Balaban J connectivity index is 1.11. The molecule has 0 bridgehead atoms. The van der Waals surface area contributed by atoms with Crippen molar-refractivity contribution < 1.29 is 18.7 Å². The van der Waals surface area contributed by atoms with E-state index in [1.54, 1.807) is 18.5 Å². The van der Waals surface area contributed by atoms with Crippen LogP contribution in [0.1, 0.15) is 66.3 Å². The largest absolute Gasteiger partial charge is 0.481 e. The monoisotopic (exact) mass is 505 g/mol. The Labute approximate surface area is 213 Å².